The monoisotopic (exact) mass is 300 g/mol. The molecule has 0 saturated carbocycles. The molecule has 2 rings (SSSR count). The average molecular weight is 301 g/mol. The second-order valence-electron chi connectivity index (χ2n) is 5.44. The summed E-state index contributed by atoms with van der Waals surface area (Å²) >= 11 is 10.9. The van der Waals surface area contributed by atoms with Crippen molar-refractivity contribution in [2.24, 2.45) is 11.1 Å². The molecule has 1 heterocycles. The fourth-order valence-corrected chi connectivity index (χ4v) is 2.70. The van der Waals surface area contributed by atoms with E-state index in [1.165, 1.54) is 6.07 Å². The van der Waals surface area contributed by atoms with E-state index < -0.39 is 0 Å². The van der Waals surface area contributed by atoms with Gasteiger partial charge in [0.05, 0.1) is 4.99 Å². The molecule has 0 unspecified atom stereocenters. The summed E-state index contributed by atoms with van der Waals surface area (Å²) in [6, 6.07) is 4.84. The third kappa shape index (κ3) is 3.44. The molecular formula is C14H18ClFN2S. The minimum Gasteiger partial charge on any atom is -0.393 e. The highest BCUT2D eigenvalue weighted by Gasteiger charge is 2.32. The maximum atomic E-state index is 13.7. The molecule has 0 radical (unpaired) electrons. The maximum Gasteiger partial charge on any atom is 0.129 e. The fourth-order valence-electron chi connectivity index (χ4n) is 2.34. The second-order valence-corrected chi connectivity index (χ2v) is 6.31. The van der Waals surface area contributed by atoms with E-state index in [0.29, 0.717) is 22.1 Å². The number of halogens is 2. The van der Waals surface area contributed by atoms with E-state index in [1.807, 2.05) is 0 Å². The fraction of sp³-hybridized carbons (Fsp3) is 0.500. The quantitative estimate of drug-likeness (QED) is 0.868. The van der Waals surface area contributed by atoms with Gasteiger partial charge in [0.2, 0.25) is 0 Å². The molecule has 2 N–H and O–H groups in total. The number of likely N-dealkylation sites (tertiary alicyclic amines) is 1. The number of hydrogen-bond donors (Lipinski definition) is 1. The van der Waals surface area contributed by atoms with E-state index in [-0.39, 0.29) is 11.2 Å². The molecule has 0 aliphatic carbocycles. The van der Waals surface area contributed by atoms with Gasteiger partial charge in [-0.1, -0.05) is 36.8 Å². The summed E-state index contributed by atoms with van der Waals surface area (Å²) in [5.41, 5.74) is 6.41. The molecule has 2 nitrogen and oxygen atoms in total. The molecule has 1 aromatic carbocycles. The Bertz CT molecular complexity index is 484. The van der Waals surface area contributed by atoms with Crippen molar-refractivity contribution in [2.45, 2.75) is 26.3 Å². The van der Waals surface area contributed by atoms with Gasteiger partial charge in [0.25, 0.3) is 0 Å². The van der Waals surface area contributed by atoms with E-state index in [4.69, 9.17) is 29.6 Å². The highest BCUT2D eigenvalue weighted by atomic mass is 35.5. The van der Waals surface area contributed by atoms with Crippen molar-refractivity contribution in [3.05, 3.63) is 34.6 Å². The zero-order valence-electron chi connectivity index (χ0n) is 11.0. The van der Waals surface area contributed by atoms with Gasteiger partial charge >= 0.3 is 0 Å². The Kier molecular flexibility index (Phi) is 4.43. The van der Waals surface area contributed by atoms with Crippen LogP contribution in [0.3, 0.4) is 0 Å². The minimum absolute atomic E-state index is 0.0512. The number of rotatable bonds is 3. The zero-order valence-corrected chi connectivity index (χ0v) is 12.5. The topological polar surface area (TPSA) is 29.3 Å². The summed E-state index contributed by atoms with van der Waals surface area (Å²) in [6.45, 7) is 4.48. The first-order valence-corrected chi connectivity index (χ1v) is 7.15. The zero-order chi connectivity index (χ0) is 14.0. The van der Waals surface area contributed by atoms with Crippen LogP contribution in [-0.2, 0) is 6.54 Å². The molecule has 5 heteroatoms. The number of benzene rings is 1. The summed E-state index contributed by atoms with van der Waals surface area (Å²) in [4.78, 5) is 2.82. The van der Waals surface area contributed by atoms with Crippen LogP contribution in [0.15, 0.2) is 18.2 Å². The minimum atomic E-state index is -0.241. The lowest BCUT2D eigenvalue weighted by Crippen LogP contribution is -2.44. The molecular weight excluding hydrogens is 283 g/mol. The Balaban J connectivity index is 1.98. The highest BCUT2D eigenvalue weighted by molar-refractivity contribution is 7.80. The Morgan fingerprint density at radius 2 is 2.11 bits per heavy atom. The lowest BCUT2D eigenvalue weighted by atomic mass is 9.80. The normalized spacial score (nSPS) is 19.3. The highest BCUT2D eigenvalue weighted by Crippen LogP contribution is 2.32. The summed E-state index contributed by atoms with van der Waals surface area (Å²) in [5.74, 6) is -0.241. The van der Waals surface area contributed by atoms with Crippen LogP contribution < -0.4 is 5.73 Å². The van der Waals surface area contributed by atoms with Crippen LogP contribution in [0.1, 0.15) is 25.3 Å². The van der Waals surface area contributed by atoms with Gasteiger partial charge in [-0.3, -0.25) is 4.90 Å². The van der Waals surface area contributed by atoms with E-state index >= 15 is 0 Å². The number of hydrogen-bond acceptors (Lipinski definition) is 2. The Morgan fingerprint density at radius 1 is 1.47 bits per heavy atom. The molecule has 1 aromatic rings. The predicted octanol–water partition coefficient (Wildman–Crippen LogP) is 3.37. The largest absolute Gasteiger partial charge is 0.393 e. The van der Waals surface area contributed by atoms with E-state index in [9.17, 15) is 4.39 Å². The van der Waals surface area contributed by atoms with Crippen molar-refractivity contribution in [3.8, 4) is 0 Å². The first-order valence-electron chi connectivity index (χ1n) is 6.37. The Labute approximate surface area is 123 Å². The van der Waals surface area contributed by atoms with Crippen molar-refractivity contribution in [1.29, 1.82) is 0 Å². The summed E-state index contributed by atoms with van der Waals surface area (Å²) in [6.07, 6.45) is 1.86. The summed E-state index contributed by atoms with van der Waals surface area (Å²) in [5, 5.41) is 0.431. The van der Waals surface area contributed by atoms with Crippen molar-refractivity contribution >= 4 is 28.8 Å². The molecule has 0 bridgehead atoms. The van der Waals surface area contributed by atoms with Crippen LogP contribution in [0.25, 0.3) is 0 Å². The molecule has 0 atom stereocenters. The SMILES string of the molecule is CC1(C(N)=S)CCN(Cc2ccc(Cl)cc2F)CC1. The first-order chi connectivity index (χ1) is 8.90. The molecule has 104 valence electrons. The smallest absolute Gasteiger partial charge is 0.129 e. The second kappa shape index (κ2) is 5.73. The summed E-state index contributed by atoms with van der Waals surface area (Å²) in [7, 11) is 0. The van der Waals surface area contributed by atoms with Gasteiger partial charge in [-0.2, -0.15) is 0 Å². The van der Waals surface area contributed by atoms with Crippen LogP contribution in [0.4, 0.5) is 4.39 Å². The third-order valence-electron chi connectivity index (χ3n) is 3.96. The van der Waals surface area contributed by atoms with E-state index in [0.717, 1.165) is 25.9 Å². The molecule has 0 spiro atoms. The van der Waals surface area contributed by atoms with Crippen LogP contribution in [0, 0.1) is 11.2 Å². The van der Waals surface area contributed by atoms with Crippen molar-refractivity contribution in [2.75, 3.05) is 13.1 Å². The molecule has 1 fully saturated rings. The van der Waals surface area contributed by atoms with Gasteiger partial charge in [-0.25, -0.2) is 4.39 Å². The van der Waals surface area contributed by atoms with Crippen LogP contribution in [0.5, 0.6) is 0 Å². The predicted molar refractivity (Wildman–Crippen MR) is 80.8 cm³/mol. The number of piperidine rings is 1. The lowest BCUT2D eigenvalue weighted by molar-refractivity contribution is 0.156. The Hall–Kier alpha value is -0.710. The van der Waals surface area contributed by atoms with Crippen LogP contribution >= 0.6 is 23.8 Å². The van der Waals surface area contributed by atoms with Crippen LogP contribution in [-0.4, -0.2) is 23.0 Å². The van der Waals surface area contributed by atoms with Gasteiger partial charge in [-0.15, -0.1) is 0 Å². The lowest BCUT2D eigenvalue weighted by Gasteiger charge is -2.38. The number of nitrogens with zero attached hydrogens (tertiary/aromatic N) is 1. The van der Waals surface area contributed by atoms with Gasteiger partial charge in [0.1, 0.15) is 5.82 Å². The van der Waals surface area contributed by atoms with Gasteiger partial charge in [-0.05, 0) is 38.1 Å². The average Bonchev–Trinajstić information content (AvgIpc) is 2.35. The van der Waals surface area contributed by atoms with Gasteiger partial charge in [0, 0.05) is 22.5 Å². The molecule has 1 saturated heterocycles. The van der Waals surface area contributed by atoms with Crippen molar-refractivity contribution in [3.63, 3.8) is 0 Å². The number of nitrogens with two attached hydrogens (primary N) is 1. The standard InChI is InChI=1S/C14H18ClFN2S/c1-14(13(17)19)4-6-18(7-5-14)9-10-2-3-11(15)8-12(10)16/h2-3,8H,4-7,9H2,1H3,(H2,17,19). The first kappa shape index (κ1) is 14.7. The molecule has 19 heavy (non-hydrogen) atoms. The van der Waals surface area contributed by atoms with Crippen LogP contribution in [0.2, 0.25) is 5.02 Å². The third-order valence-corrected chi connectivity index (χ3v) is 4.69. The van der Waals surface area contributed by atoms with Crippen molar-refractivity contribution < 1.29 is 4.39 Å². The number of thiocarbonyl (C=S) groups is 1. The maximum absolute atomic E-state index is 13.7. The summed E-state index contributed by atoms with van der Waals surface area (Å²) < 4.78 is 13.7. The molecule has 0 amide bonds. The Morgan fingerprint density at radius 3 is 2.63 bits per heavy atom. The van der Waals surface area contributed by atoms with Gasteiger partial charge < -0.3 is 5.73 Å². The van der Waals surface area contributed by atoms with E-state index in [1.54, 1.807) is 12.1 Å². The van der Waals surface area contributed by atoms with Crippen molar-refractivity contribution in [1.82, 2.24) is 4.90 Å². The molecule has 1 aliphatic rings. The molecule has 0 aromatic heterocycles. The van der Waals surface area contributed by atoms with E-state index in [2.05, 4.69) is 11.8 Å². The molecule has 1 aliphatic heterocycles. The van der Waals surface area contributed by atoms with Gasteiger partial charge in [0.15, 0.2) is 0 Å².